The molecule has 3 heterocycles. The van der Waals surface area contributed by atoms with E-state index in [9.17, 15) is 5.26 Å². The van der Waals surface area contributed by atoms with E-state index in [1.54, 1.807) is 6.20 Å². The lowest BCUT2D eigenvalue weighted by molar-refractivity contribution is 0.775. The molecular formula is C20H19N5. The number of nitrogens with zero attached hydrogens (tertiary/aromatic N) is 5. The zero-order chi connectivity index (χ0) is 17.4. The molecule has 1 aromatic carbocycles. The maximum absolute atomic E-state index is 9.79. The molecule has 0 aliphatic heterocycles. The summed E-state index contributed by atoms with van der Waals surface area (Å²) in [5.74, 6) is 1.03. The van der Waals surface area contributed by atoms with Crippen LogP contribution in [0, 0.1) is 18.3 Å². The van der Waals surface area contributed by atoms with Gasteiger partial charge in [-0.05, 0) is 43.0 Å². The number of para-hydroxylation sites is 2. The number of pyridine rings is 1. The minimum absolute atomic E-state index is 0.658. The Labute approximate surface area is 146 Å². The fourth-order valence-electron chi connectivity index (χ4n) is 3.47. The number of rotatable bonds is 4. The highest BCUT2D eigenvalue weighted by Crippen LogP contribution is 2.30. The van der Waals surface area contributed by atoms with Crippen molar-refractivity contribution < 1.29 is 0 Å². The molecule has 25 heavy (non-hydrogen) atoms. The number of nitriles is 1. The van der Waals surface area contributed by atoms with E-state index in [-0.39, 0.29) is 0 Å². The first-order chi connectivity index (χ1) is 12.3. The lowest BCUT2D eigenvalue weighted by atomic mass is 9.99. The van der Waals surface area contributed by atoms with Gasteiger partial charge in [-0.1, -0.05) is 25.5 Å². The van der Waals surface area contributed by atoms with Crippen LogP contribution in [0.15, 0.2) is 43.0 Å². The van der Waals surface area contributed by atoms with Crippen LogP contribution < -0.4 is 0 Å². The van der Waals surface area contributed by atoms with Crippen molar-refractivity contribution in [3.05, 3.63) is 59.7 Å². The Hall–Kier alpha value is -3.13. The van der Waals surface area contributed by atoms with E-state index in [1.807, 2.05) is 42.2 Å². The van der Waals surface area contributed by atoms with Crippen LogP contribution in [0.25, 0.3) is 22.5 Å². The van der Waals surface area contributed by atoms with Gasteiger partial charge >= 0.3 is 0 Å². The normalized spacial score (nSPS) is 11.2. The molecule has 4 rings (SSSR count). The van der Waals surface area contributed by atoms with Crippen LogP contribution in [0.3, 0.4) is 0 Å². The Balaban J connectivity index is 2.22. The molecule has 0 aliphatic rings. The molecule has 3 aromatic heterocycles. The van der Waals surface area contributed by atoms with Gasteiger partial charge in [-0.15, -0.1) is 0 Å². The first-order valence-corrected chi connectivity index (χ1v) is 8.57. The summed E-state index contributed by atoms with van der Waals surface area (Å²) in [5.41, 5.74) is 5.48. The summed E-state index contributed by atoms with van der Waals surface area (Å²) in [6, 6.07) is 10.4. The smallest absolute Gasteiger partial charge is 0.157 e. The minimum atomic E-state index is 0.658. The zero-order valence-corrected chi connectivity index (χ0v) is 14.4. The van der Waals surface area contributed by atoms with Crippen molar-refractivity contribution in [3.63, 3.8) is 0 Å². The summed E-state index contributed by atoms with van der Waals surface area (Å²) in [6.45, 7) is 4.21. The first-order valence-electron chi connectivity index (χ1n) is 8.57. The molecular weight excluding hydrogens is 310 g/mol. The van der Waals surface area contributed by atoms with Gasteiger partial charge in [0.05, 0.1) is 16.6 Å². The van der Waals surface area contributed by atoms with Gasteiger partial charge in [0.25, 0.3) is 0 Å². The summed E-state index contributed by atoms with van der Waals surface area (Å²) in [5, 5.41) is 9.79. The average molecular weight is 329 g/mol. The Bertz CT molecular complexity index is 1100. The van der Waals surface area contributed by atoms with Gasteiger partial charge < -0.3 is 0 Å². The molecule has 0 bridgehead atoms. The molecule has 0 radical (unpaired) electrons. The van der Waals surface area contributed by atoms with E-state index in [0.717, 1.165) is 41.7 Å². The predicted molar refractivity (Wildman–Crippen MR) is 97.9 cm³/mol. The van der Waals surface area contributed by atoms with Crippen LogP contribution in [0.2, 0.25) is 0 Å². The van der Waals surface area contributed by atoms with Crippen LogP contribution in [-0.2, 0) is 6.42 Å². The van der Waals surface area contributed by atoms with Gasteiger partial charge in [0.2, 0.25) is 0 Å². The van der Waals surface area contributed by atoms with E-state index in [0.29, 0.717) is 11.2 Å². The topological polar surface area (TPSA) is 58.9 Å². The molecule has 0 saturated carbocycles. The highest BCUT2D eigenvalue weighted by Gasteiger charge is 2.21. The Kier molecular flexibility index (Phi) is 3.73. The van der Waals surface area contributed by atoms with Gasteiger partial charge in [0.15, 0.2) is 5.65 Å². The number of hydrogen-bond acceptors (Lipinski definition) is 3. The maximum atomic E-state index is 9.79. The van der Waals surface area contributed by atoms with Crippen LogP contribution in [0.5, 0.6) is 0 Å². The Morgan fingerprint density at radius 1 is 1.24 bits per heavy atom. The lowest BCUT2D eigenvalue weighted by Crippen LogP contribution is -2.10. The summed E-state index contributed by atoms with van der Waals surface area (Å²) in [6.07, 6.45) is 8.64. The number of imidazole rings is 2. The van der Waals surface area contributed by atoms with Crippen molar-refractivity contribution in [3.8, 4) is 11.9 Å². The van der Waals surface area contributed by atoms with Gasteiger partial charge in [-0.3, -0.25) is 8.97 Å². The van der Waals surface area contributed by atoms with Crippen molar-refractivity contribution in [2.24, 2.45) is 0 Å². The molecule has 0 N–H and O–H groups in total. The maximum Gasteiger partial charge on any atom is 0.157 e. The molecule has 0 saturated heterocycles. The van der Waals surface area contributed by atoms with Crippen molar-refractivity contribution >= 4 is 16.7 Å². The molecule has 0 amide bonds. The third-order valence-electron chi connectivity index (χ3n) is 4.73. The standard InChI is InChI=1S/C20H19N5/c1-3-4-7-15-14(2)16(12-21)19-23-17-8-5-6-9-18(17)25(19)20(15)24-11-10-22-13-24/h5-6,8-11,13H,3-4,7H2,1-2H3. The quantitative estimate of drug-likeness (QED) is 0.564. The molecule has 0 aliphatic carbocycles. The van der Waals surface area contributed by atoms with Gasteiger partial charge in [-0.25, -0.2) is 9.97 Å². The highest BCUT2D eigenvalue weighted by molar-refractivity contribution is 5.85. The number of benzene rings is 1. The van der Waals surface area contributed by atoms with Crippen LogP contribution in [0.1, 0.15) is 36.5 Å². The fourth-order valence-corrected chi connectivity index (χ4v) is 3.47. The van der Waals surface area contributed by atoms with E-state index >= 15 is 0 Å². The molecule has 124 valence electrons. The van der Waals surface area contributed by atoms with Gasteiger partial charge in [0.1, 0.15) is 18.2 Å². The summed E-state index contributed by atoms with van der Waals surface area (Å²) >= 11 is 0. The molecule has 0 atom stereocenters. The van der Waals surface area contributed by atoms with Gasteiger partial charge in [-0.2, -0.15) is 5.26 Å². The summed E-state index contributed by atoms with van der Waals surface area (Å²) < 4.78 is 4.13. The van der Waals surface area contributed by atoms with Crippen LogP contribution in [0.4, 0.5) is 0 Å². The van der Waals surface area contributed by atoms with Crippen molar-refractivity contribution in [1.29, 1.82) is 5.26 Å². The summed E-state index contributed by atoms with van der Waals surface area (Å²) in [4.78, 5) is 8.97. The van der Waals surface area contributed by atoms with Crippen LogP contribution >= 0.6 is 0 Å². The number of unbranched alkanes of at least 4 members (excludes halogenated alkanes) is 1. The summed E-state index contributed by atoms with van der Waals surface area (Å²) in [7, 11) is 0. The average Bonchev–Trinajstić information content (AvgIpc) is 3.27. The predicted octanol–water partition coefficient (Wildman–Crippen LogP) is 4.20. The fraction of sp³-hybridized carbons (Fsp3) is 0.250. The lowest BCUT2D eigenvalue weighted by Gasteiger charge is -2.17. The Morgan fingerprint density at radius 2 is 2.08 bits per heavy atom. The third-order valence-corrected chi connectivity index (χ3v) is 4.73. The highest BCUT2D eigenvalue weighted by atomic mass is 15.2. The molecule has 0 spiro atoms. The largest absolute Gasteiger partial charge is 0.291 e. The van der Waals surface area contributed by atoms with E-state index < -0.39 is 0 Å². The van der Waals surface area contributed by atoms with Crippen LogP contribution in [-0.4, -0.2) is 18.9 Å². The second-order valence-corrected chi connectivity index (χ2v) is 6.25. The number of aromatic nitrogens is 4. The van der Waals surface area contributed by atoms with Crippen molar-refractivity contribution in [2.75, 3.05) is 0 Å². The first kappa shape index (κ1) is 15.4. The van der Waals surface area contributed by atoms with E-state index in [1.165, 1.54) is 5.56 Å². The molecule has 4 aromatic rings. The molecule has 5 heteroatoms. The second-order valence-electron chi connectivity index (χ2n) is 6.25. The monoisotopic (exact) mass is 329 g/mol. The van der Waals surface area contributed by atoms with E-state index in [4.69, 9.17) is 4.98 Å². The number of fused-ring (bicyclic) bond motifs is 3. The molecule has 0 fully saturated rings. The van der Waals surface area contributed by atoms with Crippen molar-refractivity contribution in [2.45, 2.75) is 33.1 Å². The molecule has 5 nitrogen and oxygen atoms in total. The second kappa shape index (κ2) is 6.06. The Morgan fingerprint density at radius 3 is 2.80 bits per heavy atom. The van der Waals surface area contributed by atoms with Crippen molar-refractivity contribution in [1.82, 2.24) is 18.9 Å². The SMILES string of the molecule is CCCCc1c(C)c(C#N)c2nc3ccccc3n2c1-n1ccnc1. The number of hydrogen-bond donors (Lipinski definition) is 0. The zero-order valence-electron chi connectivity index (χ0n) is 14.4. The van der Waals surface area contributed by atoms with E-state index in [2.05, 4.69) is 28.4 Å². The molecule has 0 unspecified atom stereocenters. The third kappa shape index (κ3) is 2.30. The minimum Gasteiger partial charge on any atom is -0.291 e. The van der Waals surface area contributed by atoms with Gasteiger partial charge in [0, 0.05) is 12.4 Å².